The summed E-state index contributed by atoms with van der Waals surface area (Å²) in [6.45, 7) is 7.43. The zero-order valence-corrected chi connectivity index (χ0v) is 13.7. The van der Waals surface area contributed by atoms with Crippen LogP contribution in [-0.4, -0.2) is 40.6 Å². The van der Waals surface area contributed by atoms with Crippen LogP contribution in [0.5, 0.6) is 5.75 Å². The molecule has 1 aromatic carbocycles. The highest BCUT2D eigenvalue weighted by atomic mass is 16.6. The summed E-state index contributed by atoms with van der Waals surface area (Å²) in [5, 5.41) is 14.3. The number of nitrogens with zero attached hydrogens (tertiary/aromatic N) is 2. The molecule has 0 spiro atoms. The maximum Gasteiger partial charge on any atom is 0.416 e. The number of rotatable bonds is 3. The third-order valence-corrected chi connectivity index (χ3v) is 3.81. The van der Waals surface area contributed by atoms with Gasteiger partial charge in [-0.05, 0) is 46.2 Å². The van der Waals surface area contributed by atoms with E-state index in [0.717, 1.165) is 19.4 Å². The summed E-state index contributed by atoms with van der Waals surface area (Å²) in [5.41, 5.74) is -0.652. The van der Waals surface area contributed by atoms with E-state index in [-0.39, 0.29) is 17.5 Å². The van der Waals surface area contributed by atoms with Crippen molar-refractivity contribution < 1.29 is 14.5 Å². The second-order valence-corrected chi connectivity index (χ2v) is 6.63. The van der Waals surface area contributed by atoms with Crippen LogP contribution in [0.15, 0.2) is 24.3 Å². The summed E-state index contributed by atoms with van der Waals surface area (Å²) in [6, 6.07) is 5.93. The number of para-hydroxylation sites is 2. The van der Waals surface area contributed by atoms with Gasteiger partial charge in [-0.3, -0.25) is 15.0 Å². The molecule has 23 heavy (non-hydrogen) atoms. The molecule has 0 saturated carbocycles. The lowest BCUT2D eigenvalue weighted by molar-refractivity contribution is -0.385. The molecular formula is C16H23N3O4. The Kier molecular flexibility index (Phi) is 5.20. The normalized spacial score (nSPS) is 18.3. The Morgan fingerprint density at radius 1 is 1.39 bits per heavy atom. The van der Waals surface area contributed by atoms with Crippen LogP contribution in [0.4, 0.5) is 10.5 Å². The molecule has 1 aliphatic heterocycles. The van der Waals surface area contributed by atoms with Crippen molar-refractivity contribution in [2.75, 3.05) is 13.1 Å². The van der Waals surface area contributed by atoms with E-state index in [9.17, 15) is 14.9 Å². The lowest BCUT2D eigenvalue weighted by Crippen LogP contribution is -2.57. The molecule has 1 aromatic rings. The number of nitro groups is 1. The highest BCUT2D eigenvalue weighted by molar-refractivity contribution is 5.73. The van der Waals surface area contributed by atoms with Crippen molar-refractivity contribution in [2.45, 2.75) is 45.2 Å². The molecule has 1 fully saturated rings. The molecule has 1 saturated heterocycles. The first-order valence-corrected chi connectivity index (χ1v) is 7.76. The van der Waals surface area contributed by atoms with Crippen molar-refractivity contribution in [3.05, 3.63) is 34.4 Å². The van der Waals surface area contributed by atoms with Gasteiger partial charge in [-0.2, -0.15) is 0 Å². The van der Waals surface area contributed by atoms with Crippen molar-refractivity contribution in [1.29, 1.82) is 0 Å². The monoisotopic (exact) mass is 321 g/mol. The van der Waals surface area contributed by atoms with Crippen LogP contribution in [0.1, 0.15) is 33.6 Å². The van der Waals surface area contributed by atoms with Gasteiger partial charge in [0.05, 0.1) is 4.92 Å². The van der Waals surface area contributed by atoms with Crippen LogP contribution in [0.25, 0.3) is 0 Å². The molecule has 7 nitrogen and oxygen atoms in total. The number of carbonyl (C=O) groups is 1. The molecule has 1 heterocycles. The Hall–Kier alpha value is -2.15. The highest BCUT2D eigenvalue weighted by Crippen LogP contribution is 2.29. The molecule has 0 bridgehead atoms. The molecule has 1 aliphatic rings. The topological polar surface area (TPSA) is 84.7 Å². The van der Waals surface area contributed by atoms with Gasteiger partial charge in [-0.1, -0.05) is 12.1 Å². The summed E-state index contributed by atoms with van der Waals surface area (Å²) in [4.78, 5) is 24.9. The van der Waals surface area contributed by atoms with E-state index in [1.165, 1.54) is 12.1 Å². The molecule has 0 aromatic heterocycles. The Morgan fingerprint density at radius 3 is 2.65 bits per heavy atom. The van der Waals surface area contributed by atoms with Gasteiger partial charge in [0.15, 0.2) is 0 Å². The summed E-state index contributed by atoms with van der Waals surface area (Å²) in [7, 11) is 0. The lowest BCUT2D eigenvalue weighted by atomic mass is 9.99. The number of carbonyl (C=O) groups excluding carboxylic acids is 1. The van der Waals surface area contributed by atoms with Gasteiger partial charge in [0.1, 0.15) is 0 Å². The SMILES string of the molecule is CC(C)(C)N(C(=O)Oc1ccccc1[N+](=O)[O-])C1CCCNC1. The number of nitrogens with one attached hydrogen (secondary N) is 1. The van der Waals surface area contributed by atoms with E-state index in [0.29, 0.717) is 6.54 Å². The minimum absolute atomic E-state index is 0.0130. The minimum Gasteiger partial charge on any atom is -0.403 e. The van der Waals surface area contributed by atoms with E-state index >= 15 is 0 Å². The maximum absolute atomic E-state index is 12.7. The second-order valence-electron chi connectivity index (χ2n) is 6.63. The minimum atomic E-state index is -0.555. The molecule has 0 radical (unpaired) electrons. The van der Waals surface area contributed by atoms with Gasteiger partial charge in [0.25, 0.3) is 0 Å². The maximum atomic E-state index is 12.7. The Balaban J connectivity index is 2.23. The number of ether oxygens (including phenoxy) is 1. The van der Waals surface area contributed by atoms with Crippen molar-refractivity contribution >= 4 is 11.8 Å². The third kappa shape index (κ3) is 4.19. The molecule has 1 atom stereocenters. The van der Waals surface area contributed by atoms with Crippen molar-refractivity contribution in [3.63, 3.8) is 0 Å². The number of hydrogen-bond donors (Lipinski definition) is 1. The van der Waals surface area contributed by atoms with Crippen LogP contribution in [0, 0.1) is 10.1 Å². The number of amides is 1. The van der Waals surface area contributed by atoms with Crippen LogP contribution in [0.3, 0.4) is 0 Å². The van der Waals surface area contributed by atoms with E-state index in [2.05, 4.69) is 5.32 Å². The largest absolute Gasteiger partial charge is 0.416 e. The smallest absolute Gasteiger partial charge is 0.403 e. The first-order chi connectivity index (χ1) is 10.8. The quantitative estimate of drug-likeness (QED) is 0.683. The summed E-state index contributed by atoms with van der Waals surface area (Å²) in [6.07, 6.45) is 1.31. The average Bonchev–Trinajstić information content (AvgIpc) is 2.47. The molecule has 7 heteroatoms. The summed E-state index contributed by atoms with van der Waals surface area (Å²) in [5.74, 6) is -0.0273. The molecule has 1 amide bonds. The van der Waals surface area contributed by atoms with E-state index in [1.807, 2.05) is 20.8 Å². The van der Waals surface area contributed by atoms with Gasteiger partial charge in [-0.25, -0.2) is 4.79 Å². The number of hydrogen-bond acceptors (Lipinski definition) is 5. The fourth-order valence-electron chi connectivity index (χ4n) is 2.86. The number of nitro benzene ring substituents is 1. The van der Waals surface area contributed by atoms with Gasteiger partial charge >= 0.3 is 11.8 Å². The van der Waals surface area contributed by atoms with Crippen molar-refractivity contribution in [3.8, 4) is 5.75 Å². The summed E-state index contributed by atoms with van der Waals surface area (Å²) < 4.78 is 5.37. The van der Waals surface area contributed by atoms with Gasteiger partial charge in [0.2, 0.25) is 5.75 Å². The fraction of sp³-hybridized carbons (Fsp3) is 0.562. The Labute approximate surface area is 135 Å². The standard InChI is InChI=1S/C16H23N3O4/c1-16(2,3)18(12-7-6-10-17-11-12)15(20)23-14-9-5-4-8-13(14)19(21)22/h4-5,8-9,12,17H,6-7,10-11H2,1-3H3. The van der Waals surface area contributed by atoms with Crippen LogP contribution in [-0.2, 0) is 0 Å². The number of benzene rings is 1. The first-order valence-electron chi connectivity index (χ1n) is 7.76. The predicted molar refractivity (Wildman–Crippen MR) is 86.6 cm³/mol. The fourth-order valence-corrected chi connectivity index (χ4v) is 2.86. The molecule has 1 N–H and O–H groups in total. The van der Waals surface area contributed by atoms with Crippen molar-refractivity contribution in [1.82, 2.24) is 10.2 Å². The predicted octanol–water partition coefficient (Wildman–Crippen LogP) is 2.95. The number of piperidine rings is 1. The molecular weight excluding hydrogens is 298 g/mol. The van der Waals surface area contributed by atoms with Crippen LogP contribution in [0.2, 0.25) is 0 Å². The molecule has 0 aliphatic carbocycles. The zero-order valence-electron chi connectivity index (χ0n) is 13.7. The Morgan fingerprint density at radius 2 is 2.09 bits per heavy atom. The first kappa shape index (κ1) is 17.2. The van der Waals surface area contributed by atoms with Gasteiger partial charge < -0.3 is 10.1 Å². The average molecular weight is 321 g/mol. The summed E-state index contributed by atoms with van der Waals surface area (Å²) >= 11 is 0. The molecule has 1 unspecified atom stereocenters. The molecule has 2 rings (SSSR count). The second kappa shape index (κ2) is 6.95. The van der Waals surface area contributed by atoms with Crippen molar-refractivity contribution in [2.24, 2.45) is 0 Å². The lowest BCUT2D eigenvalue weighted by Gasteiger charge is -2.42. The zero-order chi connectivity index (χ0) is 17.0. The van der Waals surface area contributed by atoms with Gasteiger partial charge in [-0.15, -0.1) is 0 Å². The van der Waals surface area contributed by atoms with E-state index in [1.54, 1.807) is 17.0 Å². The van der Waals surface area contributed by atoms with E-state index < -0.39 is 16.6 Å². The Bertz CT molecular complexity index is 577. The highest BCUT2D eigenvalue weighted by Gasteiger charge is 2.36. The molecule has 126 valence electrons. The van der Waals surface area contributed by atoms with E-state index in [4.69, 9.17) is 4.74 Å². The third-order valence-electron chi connectivity index (χ3n) is 3.81. The van der Waals surface area contributed by atoms with Crippen LogP contribution >= 0.6 is 0 Å². The van der Waals surface area contributed by atoms with Crippen LogP contribution < -0.4 is 10.1 Å². The van der Waals surface area contributed by atoms with Gasteiger partial charge in [0, 0.05) is 24.2 Å².